The Morgan fingerprint density at radius 2 is 1.65 bits per heavy atom. The molecule has 10 heteroatoms. The first-order valence-corrected chi connectivity index (χ1v) is 18.9. The lowest BCUT2D eigenvalue weighted by Crippen LogP contribution is -2.45. The van der Waals surface area contributed by atoms with Crippen LogP contribution in [0.3, 0.4) is 0 Å². The quantitative estimate of drug-likeness (QED) is 0.210. The predicted octanol–water partition coefficient (Wildman–Crippen LogP) is 6.50. The highest BCUT2D eigenvalue weighted by molar-refractivity contribution is 6.08. The minimum absolute atomic E-state index is 0.0407. The lowest BCUT2D eigenvalue weighted by molar-refractivity contribution is -0.150. The van der Waals surface area contributed by atoms with Gasteiger partial charge in [-0.2, -0.15) is 0 Å². The van der Waals surface area contributed by atoms with Gasteiger partial charge in [0, 0.05) is 29.6 Å². The van der Waals surface area contributed by atoms with E-state index in [-0.39, 0.29) is 55.2 Å². The molecule has 4 aromatic carbocycles. The minimum Gasteiger partial charge on any atom is -0.497 e. The molecule has 4 aliphatic rings. The van der Waals surface area contributed by atoms with Crippen LogP contribution in [0.2, 0.25) is 0 Å². The Morgan fingerprint density at radius 1 is 0.944 bits per heavy atom. The zero-order valence-electron chi connectivity index (χ0n) is 31.2. The number of fused-ring (bicyclic) bond motifs is 3. The molecule has 8 rings (SSSR count). The summed E-state index contributed by atoms with van der Waals surface area (Å²) in [6.45, 7) is 7.22. The molecule has 2 saturated heterocycles. The molecule has 0 bridgehead atoms. The number of ether oxygens (including phenoxy) is 3. The molecule has 3 amide bonds. The van der Waals surface area contributed by atoms with Crippen LogP contribution in [0.15, 0.2) is 97.1 Å². The van der Waals surface area contributed by atoms with Crippen LogP contribution in [0.5, 0.6) is 11.5 Å². The molecule has 4 heterocycles. The van der Waals surface area contributed by atoms with Gasteiger partial charge in [0.05, 0.1) is 50.2 Å². The Kier molecular flexibility index (Phi) is 9.22. The zero-order chi connectivity index (χ0) is 37.8. The molecule has 10 nitrogen and oxygen atoms in total. The van der Waals surface area contributed by atoms with Crippen LogP contribution < -0.4 is 19.3 Å². The fraction of sp³-hybridized carbons (Fsp3) is 0.386. The van der Waals surface area contributed by atoms with Gasteiger partial charge < -0.3 is 29.1 Å². The van der Waals surface area contributed by atoms with Crippen molar-refractivity contribution < 1.29 is 33.7 Å². The SMILES string of the molecule is COc1ccc(C(C)(C)[C@@H]2[C@@H](CC(=O)N3CCC[C@H]3CO)O[C@]3(C(=O)N(Cc4ccc(N5C(=O)COc6ccccc65)cc4)c4ccccc43)[C@H]2C)cc1. The van der Waals surface area contributed by atoms with E-state index in [0.29, 0.717) is 24.5 Å². The van der Waals surface area contributed by atoms with E-state index in [1.165, 1.54) is 0 Å². The predicted molar refractivity (Wildman–Crippen MR) is 205 cm³/mol. The lowest BCUT2D eigenvalue weighted by Gasteiger charge is -2.39. The first-order chi connectivity index (χ1) is 26.1. The van der Waals surface area contributed by atoms with Crippen LogP contribution in [0.4, 0.5) is 17.1 Å². The van der Waals surface area contributed by atoms with Gasteiger partial charge in [0.25, 0.3) is 11.8 Å². The first kappa shape index (κ1) is 35.8. The van der Waals surface area contributed by atoms with Crippen LogP contribution in [0, 0.1) is 11.8 Å². The standard InChI is InChI=1S/C44H47N3O7/c1-28-41(43(2,3)30-17-21-33(52-4)22-18-30)38(24-39(49)45-23-9-10-32(45)26-48)54-44(28)34-11-5-6-12-35(34)46(42(44)51)25-29-15-19-31(20-16-29)47-36-13-7-8-14-37(36)53-27-40(47)50/h5-8,11-22,28,32,38,41,48H,9-10,23-27H2,1-4H3/t28-,32-,38+,41-,44+/m0/s1. The van der Waals surface area contributed by atoms with Crippen LogP contribution >= 0.6 is 0 Å². The number of aliphatic hydroxyl groups is 1. The third-order valence-electron chi connectivity index (χ3n) is 12.3. The Labute approximate surface area is 316 Å². The number of anilines is 3. The Balaban J connectivity index is 1.13. The topological polar surface area (TPSA) is 109 Å². The van der Waals surface area contributed by atoms with Gasteiger partial charge in [0.2, 0.25) is 5.91 Å². The van der Waals surface area contributed by atoms with E-state index in [0.717, 1.165) is 46.7 Å². The van der Waals surface area contributed by atoms with Crippen molar-refractivity contribution >= 4 is 34.8 Å². The van der Waals surface area contributed by atoms with Gasteiger partial charge in [0.1, 0.15) is 11.5 Å². The summed E-state index contributed by atoms with van der Waals surface area (Å²) in [6, 6.07) is 30.8. The van der Waals surface area contributed by atoms with Gasteiger partial charge in [-0.05, 0) is 71.8 Å². The van der Waals surface area contributed by atoms with Gasteiger partial charge in [-0.3, -0.25) is 19.3 Å². The van der Waals surface area contributed by atoms with Gasteiger partial charge in [-0.1, -0.05) is 75.4 Å². The fourth-order valence-corrected chi connectivity index (χ4v) is 9.59. The molecule has 1 N–H and O–H groups in total. The Hall–Kier alpha value is -5.19. The summed E-state index contributed by atoms with van der Waals surface area (Å²) in [5.41, 5.74) is 3.12. The zero-order valence-corrected chi connectivity index (χ0v) is 31.2. The largest absolute Gasteiger partial charge is 0.497 e. The number of hydrogen-bond donors (Lipinski definition) is 1. The molecule has 4 aliphatic heterocycles. The Morgan fingerprint density at radius 3 is 2.37 bits per heavy atom. The van der Waals surface area contributed by atoms with E-state index in [1.54, 1.807) is 21.8 Å². The molecule has 0 radical (unpaired) electrons. The summed E-state index contributed by atoms with van der Waals surface area (Å²) in [7, 11) is 1.64. The van der Waals surface area contributed by atoms with Crippen molar-refractivity contribution in [2.24, 2.45) is 11.8 Å². The summed E-state index contributed by atoms with van der Waals surface area (Å²) in [5.74, 6) is 0.492. The van der Waals surface area contributed by atoms with E-state index in [4.69, 9.17) is 14.2 Å². The number of likely N-dealkylation sites (tertiary alicyclic amines) is 1. The van der Waals surface area contributed by atoms with Gasteiger partial charge in [0.15, 0.2) is 12.2 Å². The van der Waals surface area contributed by atoms with E-state index < -0.39 is 17.1 Å². The molecule has 4 aromatic rings. The minimum atomic E-state index is -1.32. The number of rotatable bonds is 9. The van der Waals surface area contributed by atoms with Crippen molar-refractivity contribution in [3.63, 3.8) is 0 Å². The van der Waals surface area contributed by atoms with Crippen molar-refractivity contribution in [1.82, 2.24) is 4.90 Å². The van der Waals surface area contributed by atoms with Gasteiger partial charge in [-0.15, -0.1) is 0 Å². The van der Waals surface area contributed by atoms with Gasteiger partial charge >= 0.3 is 0 Å². The number of aliphatic hydroxyl groups excluding tert-OH is 1. The number of para-hydroxylation sites is 3. The number of carbonyl (C=O) groups excluding carboxylic acids is 3. The summed E-state index contributed by atoms with van der Waals surface area (Å²) in [5, 5.41) is 10.0. The van der Waals surface area contributed by atoms with E-state index in [1.807, 2.05) is 84.9 Å². The fourth-order valence-electron chi connectivity index (χ4n) is 9.59. The maximum absolute atomic E-state index is 15.2. The number of hydrogen-bond acceptors (Lipinski definition) is 7. The van der Waals surface area contributed by atoms with Crippen LogP contribution in [0.1, 0.15) is 56.7 Å². The van der Waals surface area contributed by atoms with E-state index >= 15 is 4.79 Å². The molecule has 1 spiro atoms. The van der Waals surface area contributed by atoms with E-state index in [9.17, 15) is 14.7 Å². The van der Waals surface area contributed by atoms with Crippen molar-refractivity contribution in [2.75, 3.05) is 36.7 Å². The second kappa shape index (κ2) is 13.9. The maximum atomic E-state index is 15.2. The summed E-state index contributed by atoms with van der Waals surface area (Å²) in [6.07, 6.45) is 1.15. The van der Waals surface area contributed by atoms with E-state index in [2.05, 4.69) is 32.9 Å². The normalized spacial score (nSPS) is 24.9. The van der Waals surface area contributed by atoms with Crippen LogP contribution in [0.25, 0.3) is 0 Å². The number of nitrogens with zero attached hydrogens (tertiary/aromatic N) is 3. The summed E-state index contributed by atoms with van der Waals surface area (Å²) >= 11 is 0. The van der Waals surface area contributed by atoms with Crippen LogP contribution in [-0.4, -0.2) is 66.7 Å². The van der Waals surface area contributed by atoms with Crippen molar-refractivity contribution in [3.05, 3.63) is 114 Å². The molecule has 0 unspecified atom stereocenters. The second-order valence-corrected chi connectivity index (χ2v) is 15.5. The molecule has 2 fully saturated rings. The molecular weight excluding hydrogens is 682 g/mol. The summed E-state index contributed by atoms with van der Waals surface area (Å²) in [4.78, 5) is 47.4. The number of amides is 3. The number of carbonyl (C=O) groups is 3. The Bertz CT molecular complexity index is 2070. The second-order valence-electron chi connectivity index (χ2n) is 15.5. The summed E-state index contributed by atoms with van der Waals surface area (Å²) < 4.78 is 18.3. The first-order valence-electron chi connectivity index (χ1n) is 18.9. The third-order valence-corrected chi connectivity index (χ3v) is 12.3. The van der Waals surface area contributed by atoms with Crippen molar-refractivity contribution in [2.45, 2.75) is 69.7 Å². The highest BCUT2D eigenvalue weighted by atomic mass is 16.5. The average molecular weight is 730 g/mol. The molecule has 0 saturated carbocycles. The molecular formula is C44H47N3O7. The van der Waals surface area contributed by atoms with Gasteiger partial charge in [-0.25, -0.2) is 0 Å². The highest BCUT2D eigenvalue weighted by Gasteiger charge is 2.66. The number of benzene rings is 4. The lowest BCUT2D eigenvalue weighted by atomic mass is 9.63. The smallest absolute Gasteiger partial charge is 0.269 e. The molecule has 0 aromatic heterocycles. The molecule has 5 atom stereocenters. The molecule has 280 valence electrons. The highest BCUT2D eigenvalue weighted by Crippen LogP contribution is 2.60. The maximum Gasteiger partial charge on any atom is 0.269 e. The van der Waals surface area contributed by atoms with Crippen LogP contribution in [-0.2, 0) is 36.7 Å². The number of methoxy groups -OCH3 is 1. The van der Waals surface area contributed by atoms with Crippen molar-refractivity contribution in [1.29, 1.82) is 0 Å². The monoisotopic (exact) mass is 729 g/mol. The third kappa shape index (κ3) is 5.74. The molecule has 0 aliphatic carbocycles. The average Bonchev–Trinajstić information content (AvgIpc) is 3.86. The molecule has 54 heavy (non-hydrogen) atoms. The van der Waals surface area contributed by atoms with Crippen molar-refractivity contribution in [3.8, 4) is 11.5 Å².